The van der Waals surface area contributed by atoms with Gasteiger partial charge in [0.2, 0.25) is 0 Å². The monoisotopic (exact) mass is 321 g/mol. The fraction of sp³-hybridized carbons (Fsp3) is 0.611. The Labute approximate surface area is 138 Å². The zero-order chi connectivity index (χ0) is 16.1. The summed E-state index contributed by atoms with van der Waals surface area (Å²) in [5.74, 6) is 1.73. The van der Waals surface area contributed by atoms with Gasteiger partial charge in [-0.15, -0.1) is 0 Å². The van der Waals surface area contributed by atoms with Gasteiger partial charge in [-0.3, -0.25) is 9.69 Å². The van der Waals surface area contributed by atoms with Crippen LogP contribution in [0, 0.1) is 0 Å². The van der Waals surface area contributed by atoms with E-state index in [-0.39, 0.29) is 5.97 Å². The first-order chi connectivity index (χ1) is 10.6. The third-order valence-corrected chi connectivity index (χ3v) is 5.84. The summed E-state index contributed by atoms with van der Waals surface area (Å²) < 4.78 is 5.76. The molecule has 0 bridgehead atoms. The molecule has 0 spiro atoms. The van der Waals surface area contributed by atoms with Crippen molar-refractivity contribution in [1.82, 2.24) is 4.90 Å². The summed E-state index contributed by atoms with van der Waals surface area (Å²) in [6.45, 7) is 9.96. The fourth-order valence-electron chi connectivity index (χ4n) is 2.86. The standard InChI is InChI=1S/C18H27NO2S/c1-5-15-8-7-9-16(6-2)18(15)21-17(20)12-19-10-11-22-14(4)13(19)3/h7-9,13-14H,5-6,10-12H2,1-4H3. The first kappa shape index (κ1) is 17.4. The molecule has 1 fully saturated rings. The lowest BCUT2D eigenvalue weighted by molar-refractivity contribution is -0.136. The fourth-order valence-corrected chi connectivity index (χ4v) is 4.02. The molecule has 1 aliphatic rings. The van der Waals surface area contributed by atoms with Gasteiger partial charge in [0.05, 0.1) is 6.54 Å². The zero-order valence-corrected chi connectivity index (χ0v) is 14.9. The molecule has 4 heteroatoms. The maximum absolute atomic E-state index is 12.4. The molecule has 1 saturated heterocycles. The van der Waals surface area contributed by atoms with Crippen molar-refractivity contribution >= 4 is 17.7 Å². The molecule has 1 aliphatic heterocycles. The minimum absolute atomic E-state index is 0.137. The number of aryl methyl sites for hydroxylation is 2. The Balaban J connectivity index is 2.06. The number of esters is 1. The third kappa shape index (κ3) is 4.05. The van der Waals surface area contributed by atoms with E-state index in [1.165, 1.54) is 0 Å². The van der Waals surface area contributed by atoms with E-state index in [2.05, 4.69) is 32.6 Å². The Morgan fingerprint density at radius 1 is 1.27 bits per heavy atom. The van der Waals surface area contributed by atoms with Crippen molar-refractivity contribution in [3.05, 3.63) is 29.3 Å². The van der Waals surface area contributed by atoms with Crippen molar-refractivity contribution in [3.8, 4) is 5.75 Å². The minimum Gasteiger partial charge on any atom is -0.425 e. The van der Waals surface area contributed by atoms with Crippen molar-refractivity contribution in [2.75, 3.05) is 18.8 Å². The molecule has 0 saturated carbocycles. The van der Waals surface area contributed by atoms with Crippen LogP contribution < -0.4 is 4.74 Å². The van der Waals surface area contributed by atoms with Crippen LogP contribution in [-0.2, 0) is 17.6 Å². The van der Waals surface area contributed by atoms with Gasteiger partial charge in [0, 0.05) is 23.6 Å². The zero-order valence-electron chi connectivity index (χ0n) is 14.1. The molecule has 2 unspecified atom stereocenters. The molecule has 3 nitrogen and oxygen atoms in total. The van der Waals surface area contributed by atoms with Crippen LogP contribution in [0.4, 0.5) is 0 Å². The predicted octanol–water partition coefficient (Wildman–Crippen LogP) is 3.54. The topological polar surface area (TPSA) is 29.5 Å². The molecule has 1 heterocycles. The van der Waals surface area contributed by atoms with E-state index in [0.717, 1.165) is 42.0 Å². The lowest BCUT2D eigenvalue weighted by Gasteiger charge is -2.36. The first-order valence-electron chi connectivity index (χ1n) is 8.23. The summed E-state index contributed by atoms with van der Waals surface area (Å²) in [7, 11) is 0. The maximum atomic E-state index is 12.4. The lowest BCUT2D eigenvalue weighted by atomic mass is 10.0. The van der Waals surface area contributed by atoms with Crippen LogP contribution in [-0.4, -0.2) is 41.0 Å². The average Bonchev–Trinajstić information content (AvgIpc) is 2.52. The molecule has 0 N–H and O–H groups in total. The number of para-hydroxylation sites is 1. The highest BCUT2D eigenvalue weighted by Crippen LogP contribution is 2.27. The van der Waals surface area contributed by atoms with Crippen LogP contribution in [0.1, 0.15) is 38.8 Å². The van der Waals surface area contributed by atoms with Crippen LogP contribution in [0.25, 0.3) is 0 Å². The van der Waals surface area contributed by atoms with Gasteiger partial charge in [-0.25, -0.2) is 0 Å². The molecule has 0 aromatic heterocycles. The van der Waals surface area contributed by atoms with Crippen molar-refractivity contribution in [2.45, 2.75) is 51.8 Å². The van der Waals surface area contributed by atoms with Gasteiger partial charge < -0.3 is 4.74 Å². The Hall–Kier alpha value is -1.000. The molecule has 22 heavy (non-hydrogen) atoms. The molecular formula is C18H27NO2S. The Kier molecular flexibility index (Phi) is 6.33. The van der Waals surface area contributed by atoms with E-state index in [9.17, 15) is 4.79 Å². The highest BCUT2D eigenvalue weighted by atomic mass is 32.2. The van der Waals surface area contributed by atoms with Crippen molar-refractivity contribution in [3.63, 3.8) is 0 Å². The van der Waals surface area contributed by atoms with Crippen molar-refractivity contribution in [1.29, 1.82) is 0 Å². The summed E-state index contributed by atoms with van der Waals surface area (Å²) in [6, 6.07) is 6.55. The van der Waals surface area contributed by atoms with Gasteiger partial charge in [-0.2, -0.15) is 11.8 Å². The van der Waals surface area contributed by atoms with Gasteiger partial charge in [0.25, 0.3) is 0 Å². The summed E-state index contributed by atoms with van der Waals surface area (Å²) >= 11 is 1.98. The van der Waals surface area contributed by atoms with Crippen LogP contribution in [0.2, 0.25) is 0 Å². The lowest BCUT2D eigenvalue weighted by Crippen LogP contribution is -2.47. The number of carbonyl (C=O) groups excluding carboxylic acids is 1. The highest BCUT2D eigenvalue weighted by Gasteiger charge is 2.27. The van der Waals surface area contributed by atoms with Crippen LogP contribution in [0.3, 0.4) is 0 Å². The maximum Gasteiger partial charge on any atom is 0.325 e. The van der Waals surface area contributed by atoms with Gasteiger partial charge in [0.15, 0.2) is 0 Å². The van der Waals surface area contributed by atoms with E-state index in [1.54, 1.807) is 0 Å². The van der Waals surface area contributed by atoms with Gasteiger partial charge in [0.1, 0.15) is 5.75 Å². The Morgan fingerprint density at radius 3 is 2.50 bits per heavy atom. The molecule has 0 radical (unpaired) electrons. The number of rotatable bonds is 5. The normalized spacial score (nSPS) is 22.5. The highest BCUT2D eigenvalue weighted by molar-refractivity contribution is 8.00. The average molecular weight is 321 g/mol. The summed E-state index contributed by atoms with van der Waals surface area (Å²) in [5, 5.41) is 0.565. The second-order valence-electron chi connectivity index (χ2n) is 5.87. The number of nitrogens with zero attached hydrogens (tertiary/aromatic N) is 1. The summed E-state index contributed by atoms with van der Waals surface area (Å²) in [4.78, 5) is 14.6. The van der Waals surface area contributed by atoms with E-state index in [1.807, 2.05) is 30.0 Å². The summed E-state index contributed by atoms with van der Waals surface area (Å²) in [5.41, 5.74) is 2.23. The third-order valence-electron chi connectivity index (χ3n) is 4.50. The molecule has 1 aromatic carbocycles. The largest absolute Gasteiger partial charge is 0.425 e. The van der Waals surface area contributed by atoms with Crippen molar-refractivity contribution < 1.29 is 9.53 Å². The molecule has 2 atom stereocenters. The molecule has 122 valence electrons. The predicted molar refractivity (Wildman–Crippen MR) is 93.8 cm³/mol. The quantitative estimate of drug-likeness (QED) is 0.613. The number of ether oxygens (including phenoxy) is 1. The molecular weight excluding hydrogens is 294 g/mol. The molecule has 0 aliphatic carbocycles. The van der Waals surface area contributed by atoms with Gasteiger partial charge >= 0.3 is 5.97 Å². The van der Waals surface area contributed by atoms with E-state index >= 15 is 0 Å². The minimum atomic E-state index is -0.137. The summed E-state index contributed by atoms with van der Waals surface area (Å²) in [6.07, 6.45) is 1.76. The SMILES string of the molecule is CCc1cccc(CC)c1OC(=O)CN1CCSC(C)C1C. The van der Waals surface area contributed by atoms with Crippen LogP contribution >= 0.6 is 11.8 Å². The molecule has 2 rings (SSSR count). The van der Waals surface area contributed by atoms with Crippen LogP contribution in [0.5, 0.6) is 5.75 Å². The second-order valence-corrected chi connectivity index (χ2v) is 7.36. The van der Waals surface area contributed by atoms with Crippen molar-refractivity contribution in [2.24, 2.45) is 0 Å². The van der Waals surface area contributed by atoms with E-state index < -0.39 is 0 Å². The van der Waals surface area contributed by atoms with E-state index in [0.29, 0.717) is 17.8 Å². The Morgan fingerprint density at radius 2 is 1.91 bits per heavy atom. The second kappa shape index (κ2) is 8.02. The van der Waals surface area contributed by atoms with E-state index in [4.69, 9.17) is 4.74 Å². The van der Waals surface area contributed by atoms with Gasteiger partial charge in [-0.1, -0.05) is 39.0 Å². The Bertz CT molecular complexity index is 496. The number of carbonyl (C=O) groups is 1. The number of benzene rings is 1. The number of hydrogen-bond acceptors (Lipinski definition) is 4. The number of thioether (sulfide) groups is 1. The smallest absolute Gasteiger partial charge is 0.325 e. The van der Waals surface area contributed by atoms with Crippen LogP contribution in [0.15, 0.2) is 18.2 Å². The van der Waals surface area contributed by atoms with Gasteiger partial charge in [-0.05, 0) is 30.9 Å². The molecule has 1 aromatic rings. The number of hydrogen-bond donors (Lipinski definition) is 0. The first-order valence-corrected chi connectivity index (χ1v) is 9.28. The molecule has 0 amide bonds.